The number of rotatable bonds is 6. The molecule has 1 aromatic carbocycles. The molecule has 1 aliphatic heterocycles. The first-order valence-corrected chi connectivity index (χ1v) is 11.8. The first kappa shape index (κ1) is 21.2. The third-order valence-electron chi connectivity index (χ3n) is 6.26. The fourth-order valence-electron chi connectivity index (χ4n) is 5.44. The summed E-state index contributed by atoms with van der Waals surface area (Å²) in [5.41, 5.74) is 3.79. The van der Waals surface area contributed by atoms with Gasteiger partial charge in [-0.15, -0.1) is 5.73 Å². The van der Waals surface area contributed by atoms with Crippen LogP contribution >= 0.6 is 0 Å². The Hall–Kier alpha value is -2.10. The Balaban J connectivity index is 2.99. The van der Waals surface area contributed by atoms with E-state index in [0.717, 1.165) is 5.20 Å². The Morgan fingerprint density at radius 1 is 1.11 bits per heavy atom. The molecule has 0 spiro atoms. The van der Waals surface area contributed by atoms with Gasteiger partial charge in [0.2, 0.25) is 0 Å². The van der Waals surface area contributed by atoms with Gasteiger partial charge in [-0.1, -0.05) is 66.3 Å². The Bertz CT molecular complexity index is 774. The number of hydrogen-bond acceptors (Lipinski definition) is 3. The van der Waals surface area contributed by atoms with Crippen molar-refractivity contribution in [3.05, 3.63) is 47.3 Å². The van der Waals surface area contributed by atoms with Crippen molar-refractivity contribution in [1.82, 2.24) is 0 Å². The summed E-state index contributed by atoms with van der Waals surface area (Å²) in [6, 6.07) is 7.35. The predicted molar refractivity (Wildman–Crippen MR) is 112 cm³/mol. The summed E-state index contributed by atoms with van der Waals surface area (Å²) in [6.45, 7) is 17.1. The summed E-state index contributed by atoms with van der Waals surface area (Å²) in [6.07, 6.45) is 0. The minimum Gasteiger partial charge on any atom is -0.468 e. The molecular weight excluding hydrogens is 354 g/mol. The molecule has 0 radical (unpaired) electrons. The van der Waals surface area contributed by atoms with Crippen molar-refractivity contribution in [2.45, 2.75) is 63.6 Å². The van der Waals surface area contributed by atoms with Gasteiger partial charge in [0.25, 0.3) is 5.91 Å². The molecule has 1 aliphatic rings. The van der Waals surface area contributed by atoms with E-state index in [0.29, 0.717) is 27.9 Å². The predicted octanol–water partition coefficient (Wildman–Crippen LogP) is 4.98. The van der Waals surface area contributed by atoms with Crippen LogP contribution in [0.1, 0.15) is 47.1 Å². The molecule has 0 fully saturated rings. The van der Waals surface area contributed by atoms with Crippen LogP contribution in [0.2, 0.25) is 16.6 Å². The monoisotopic (exact) mass is 385 g/mol. The molecule has 0 aliphatic carbocycles. The second-order valence-electron chi connectivity index (χ2n) is 8.19. The lowest BCUT2D eigenvalue weighted by atomic mass is 9.81. The van der Waals surface area contributed by atoms with Crippen molar-refractivity contribution in [1.29, 1.82) is 0 Å². The molecule has 4 nitrogen and oxygen atoms in total. The van der Waals surface area contributed by atoms with Crippen molar-refractivity contribution in [3.8, 4) is 0 Å². The van der Waals surface area contributed by atoms with Crippen LogP contribution in [0, 0.1) is 0 Å². The minimum atomic E-state index is -2.40. The van der Waals surface area contributed by atoms with Gasteiger partial charge < -0.3 is 10.1 Å². The van der Waals surface area contributed by atoms with Crippen molar-refractivity contribution < 1.29 is 14.3 Å². The molecule has 1 aromatic rings. The first-order chi connectivity index (χ1) is 12.6. The topological polar surface area (TPSA) is 55.4 Å². The van der Waals surface area contributed by atoms with Gasteiger partial charge in [0.1, 0.15) is 8.07 Å². The molecule has 2 rings (SSSR count). The van der Waals surface area contributed by atoms with E-state index >= 15 is 0 Å². The Morgan fingerprint density at radius 3 is 2.07 bits per heavy atom. The number of fused-ring (bicyclic) bond motifs is 1. The van der Waals surface area contributed by atoms with Gasteiger partial charge in [-0.25, -0.2) is 0 Å². The van der Waals surface area contributed by atoms with E-state index < -0.39 is 19.5 Å². The minimum absolute atomic E-state index is 0.295. The van der Waals surface area contributed by atoms with Crippen LogP contribution in [0.5, 0.6) is 0 Å². The highest BCUT2D eigenvalue weighted by atomic mass is 28.3. The average Bonchev–Trinajstić information content (AvgIpc) is 2.90. The zero-order valence-corrected chi connectivity index (χ0v) is 18.5. The number of amides is 1. The van der Waals surface area contributed by atoms with Crippen molar-refractivity contribution >= 4 is 25.6 Å². The zero-order valence-electron chi connectivity index (χ0n) is 17.5. The Labute approximate surface area is 163 Å². The van der Waals surface area contributed by atoms with E-state index in [4.69, 9.17) is 4.74 Å². The highest BCUT2D eigenvalue weighted by Crippen LogP contribution is 2.55. The van der Waals surface area contributed by atoms with E-state index in [1.165, 1.54) is 7.11 Å². The van der Waals surface area contributed by atoms with Crippen LogP contribution < -0.4 is 5.32 Å². The summed E-state index contributed by atoms with van der Waals surface area (Å²) in [4.78, 5) is 26.7. The number of para-hydroxylation sites is 1. The van der Waals surface area contributed by atoms with E-state index in [2.05, 4.69) is 59.2 Å². The molecule has 1 atom stereocenters. The number of nitrogens with one attached hydrogen (secondary N) is 1. The third kappa shape index (κ3) is 2.72. The maximum Gasteiger partial charge on any atom is 0.330 e. The average molecular weight is 386 g/mol. The standard InChI is InChI=1S/C22H31NO3Si/c1-9-19(27(14(2)3,15(4)5)16(6)7)22(21(25)26-8)17-12-10-11-13-18(17)23-20(22)24/h10-16H,1H2,2-8H3,(H,23,24). The van der Waals surface area contributed by atoms with Gasteiger partial charge in [-0.3, -0.25) is 9.59 Å². The number of esters is 1. The summed E-state index contributed by atoms with van der Waals surface area (Å²) >= 11 is 0. The van der Waals surface area contributed by atoms with Gasteiger partial charge in [0, 0.05) is 11.3 Å². The van der Waals surface area contributed by atoms with Crippen LogP contribution in [0.4, 0.5) is 5.69 Å². The number of anilines is 1. The Morgan fingerprint density at radius 2 is 1.63 bits per heavy atom. The quantitative estimate of drug-likeness (QED) is 0.325. The molecule has 1 N–H and O–H groups in total. The number of carbonyl (C=O) groups is 2. The lowest BCUT2D eigenvalue weighted by Crippen LogP contribution is -2.58. The number of hydrogen-bond donors (Lipinski definition) is 1. The van der Waals surface area contributed by atoms with Crippen LogP contribution in [0.15, 0.2) is 41.8 Å². The van der Waals surface area contributed by atoms with Crippen LogP contribution in [0.25, 0.3) is 0 Å². The molecule has 1 unspecified atom stereocenters. The molecule has 0 saturated carbocycles. The number of methoxy groups -OCH3 is 1. The molecular formula is C22H31NO3Si. The van der Waals surface area contributed by atoms with Gasteiger partial charge in [0.15, 0.2) is 5.41 Å². The fourth-order valence-corrected chi connectivity index (χ4v) is 12.5. The van der Waals surface area contributed by atoms with E-state index in [9.17, 15) is 9.59 Å². The summed E-state index contributed by atoms with van der Waals surface area (Å²) in [7, 11) is -1.07. The Kier molecular flexibility index (Phi) is 5.88. The molecule has 1 heterocycles. The van der Waals surface area contributed by atoms with Crippen LogP contribution in [-0.4, -0.2) is 27.1 Å². The molecule has 27 heavy (non-hydrogen) atoms. The largest absolute Gasteiger partial charge is 0.468 e. The van der Waals surface area contributed by atoms with Gasteiger partial charge >= 0.3 is 5.97 Å². The van der Waals surface area contributed by atoms with Crippen molar-refractivity contribution in [3.63, 3.8) is 0 Å². The molecule has 146 valence electrons. The second kappa shape index (κ2) is 7.49. The smallest absolute Gasteiger partial charge is 0.330 e. The van der Waals surface area contributed by atoms with E-state index in [1.807, 2.05) is 24.3 Å². The molecule has 1 amide bonds. The lowest BCUT2D eigenvalue weighted by molar-refractivity contribution is -0.148. The first-order valence-electron chi connectivity index (χ1n) is 9.53. The van der Waals surface area contributed by atoms with Gasteiger partial charge in [0.05, 0.1) is 7.11 Å². The SMILES string of the molecule is C=C=C(C1(C(=O)OC)C(=O)Nc2ccccc21)[Si](C(C)C)(C(C)C)C(C)C. The summed E-state index contributed by atoms with van der Waals surface area (Å²) in [5, 5.41) is 3.64. The maximum absolute atomic E-state index is 13.4. The molecule has 0 saturated heterocycles. The molecule has 0 bridgehead atoms. The van der Waals surface area contributed by atoms with Crippen LogP contribution in [-0.2, 0) is 19.7 Å². The van der Waals surface area contributed by atoms with E-state index in [-0.39, 0.29) is 5.91 Å². The highest BCUT2D eigenvalue weighted by Gasteiger charge is 2.64. The van der Waals surface area contributed by atoms with E-state index in [1.54, 1.807) is 0 Å². The molecule has 0 aromatic heterocycles. The summed E-state index contributed by atoms with van der Waals surface area (Å²) < 4.78 is 5.22. The van der Waals surface area contributed by atoms with Crippen LogP contribution in [0.3, 0.4) is 0 Å². The third-order valence-corrected chi connectivity index (χ3v) is 13.4. The van der Waals surface area contributed by atoms with Gasteiger partial charge in [-0.05, 0) is 27.9 Å². The number of benzene rings is 1. The molecule has 5 heteroatoms. The summed E-state index contributed by atoms with van der Waals surface area (Å²) in [5.74, 6) is -0.921. The second-order valence-corrected chi connectivity index (χ2v) is 14.0. The van der Waals surface area contributed by atoms with Gasteiger partial charge in [-0.2, -0.15) is 0 Å². The lowest BCUT2D eigenvalue weighted by Gasteiger charge is -2.48. The van der Waals surface area contributed by atoms with Crippen molar-refractivity contribution in [2.24, 2.45) is 0 Å². The number of ether oxygens (including phenoxy) is 1. The normalized spacial score (nSPS) is 19.1. The zero-order chi connectivity index (χ0) is 20.6. The number of carbonyl (C=O) groups excluding carboxylic acids is 2. The fraction of sp³-hybridized carbons (Fsp3) is 0.500. The maximum atomic E-state index is 13.4. The highest BCUT2D eigenvalue weighted by molar-refractivity contribution is 6.91. The van der Waals surface area contributed by atoms with Crippen molar-refractivity contribution in [2.75, 3.05) is 12.4 Å².